The van der Waals surface area contributed by atoms with Crippen molar-refractivity contribution in [1.29, 1.82) is 0 Å². The Bertz CT molecular complexity index is 1130. The van der Waals surface area contributed by atoms with E-state index in [2.05, 4.69) is 46.3 Å². The predicted molar refractivity (Wildman–Crippen MR) is 123 cm³/mol. The van der Waals surface area contributed by atoms with Gasteiger partial charge in [0.1, 0.15) is 17.3 Å². The number of aromatic nitrogens is 2. The van der Waals surface area contributed by atoms with Gasteiger partial charge in [0.25, 0.3) is 0 Å². The van der Waals surface area contributed by atoms with Gasteiger partial charge in [0.15, 0.2) is 0 Å². The van der Waals surface area contributed by atoms with Crippen LogP contribution in [0.4, 0.5) is 0 Å². The molecule has 3 aromatic carbocycles. The fourth-order valence-corrected chi connectivity index (χ4v) is 4.70. The molecular weight excluding hydrogens is 386 g/mol. The third-order valence-electron chi connectivity index (χ3n) is 6.33. The molecule has 5 nitrogen and oxygen atoms in total. The Morgan fingerprint density at radius 3 is 2.48 bits per heavy atom. The van der Waals surface area contributed by atoms with E-state index in [1.165, 1.54) is 5.56 Å². The Balaban J connectivity index is 1.42. The number of methoxy groups -OCH3 is 1. The number of aromatic hydroxyl groups is 1. The third kappa shape index (κ3) is 3.89. The van der Waals surface area contributed by atoms with Crippen LogP contribution >= 0.6 is 0 Å². The van der Waals surface area contributed by atoms with Crippen LogP contribution in [0.3, 0.4) is 0 Å². The number of nitrogens with one attached hydrogen (secondary N) is 1. The first kappa shape index (κ1) is 19.6. The van der Waals surface area contributed by atoms with Crippen LogP contribution in [0.1, 0.15) is 41.8 Å². The van der Waals surface area contributed by atoms with Gasteiger partial charge in [-0.05, 0) is 61.8 Å². The number of phenolic OH excluding ortho intramolecular Hbond substituents is 1. The largest absolute Gasteiger partial charge is 0.508 e. The van der Waals surface area contributed by atoms with E-state index in [1.807, 2.05) is 24.3 Å². The molecule has 1 atom stereocenters. The summed E-state index contributed by atoms with van der Waals surface area (Å²) in [6, 6.07) is 24.1. The Kier molecular flexibility index (Phi) is 5.35. The van der Waals surface area contributed by atoms with Gasteiger partial charge in [0.2, 0.25) is 0 Å². The SMILES string of the molecule is COc1ccc(O)c(C(c2ccccc2)N2CCC(c3nc4ccccc4[nH]3)CC2)c1. The number of imidazole rings is 1. The molecule has 0 bridgehead atoms. The molecular formula is C26H27N3O2. The normalized spacial score (nSPS) is 16.4. The molecule has 0 radical (unpaired) electrons. The fraction of sp³-hybridized carbons (Fsp3) is 0.269. The number of phenols is 1. The maximum Gasteiger partial charge on any atom is 0.120 e. The van der Waals surface area contributed by atoms with Crippen LogP contribution in [0, 0.1) is 0 Å². The van der Waals surface area contributed by atoms with E-state index < -0.39 is 0 Å². The molecule has 158 valence electrons. The average molecular weight is 414 g/mol. The lowest BCUT2D eigenvalue weighted by atomic mass is 9.90. The molecule has 0 saturated carbocycles. The number of rotatable bonds is 5. The van der Waals surface area contributed by atoms with E-state index in [0.29, 0.717) is 11.7 Å². The summed E-state index contributed by atoms with van der Waals surface area (Å²) >= 11 is 0. The zero-order chi connectivity index (χ0) is 21.2. The zero-order valence-electron chi connectivity index (χ0n) is 17.7. The maximum absolute atomic E-state index is 10.7. The van der Waals surface area contributed by atoms with Crippen molar-refractivity contribution in [1.82, 2.24) is 14.9 Å². The Hall–Kier alpha value is -3.31. The molecule has 2 N–H and O–H groups in total. The number of likely N-dealkylation sites (tertiary alicyclic amines) is 1. The van der Waals surface area contributed by atoms with Gasteiger partial charge in [0, 0.05) is 11.5 Å². The minimum Gasteiger partial charge on any atom is -0.508 e. The van der Waals surface area contributed by atoms with Crippen molar-refractivity contribution in [3.05, 3.63) is 89.7 Å². The molecule has 1 aliphatic rings. The minimum absolute atomic E-state index is 0.0204. The van der Waals surface area contributed by atoms with Gasteiger partial charge >= 0.3 is 0 Å². The Labute approximate surface area is 182 Å². The third-order valence-corrected chi connectivity index (χ3v) is 6.33. The summed E-state index contributed by atoms with van der Waals surface area (Å²) in [4.78, 5) is 10.8. The second-order valence-corrected chi connectivity index (χ2v) is 8.19. The number of fused-ring (bicyclic) bond motifs is 1. The topological polar surface area (TPSA) is 61.4 Å². The smallest absolute Gasteiger partial charge is 0.120 e. The maximum atomic E-state index is 10.7. The highest BCUT2D eigenvalue weighted by Gasteiger charge is 2.30. The van der Waals surface area contributed by atoms with Crippen LogP contribution < -0.4 is 4.74 Å². The van der Waals surface area contributed by atoms with Crippen molar-refractivity contribution in [3.63, 3.8) is 0 Å². The first-order chi connectivity index (χ1) is 15.2. The molecule has 4 aromatic rings. The quantitative estimate of drug-likeness (QED) is 0.469. The van der Waals surface area contributed by atoms with E-state index >= 15 is 0 Å². The van der Waals surface area contributed by atoms with E-state index in [-0.39, 0.29) is 6.04 Å². The van der Waals surface area contributed by atoms with Crippen LogP contribution in [0.5, 0.6) is 11.5 Å². The monoisotopic (exact) mass is 413 g/mol. The molecule has 0 aliphatic carbocycles. The lowest BCUT2D eigenvalue weighted by molar-refractivity contribution is 0.169. The summed E-state index contributed by atoms with van der Waals surface area (Å²) < 4.78 is 5.44. The van der Waals surface area contributed by atoms with E-state index in [4.69, 9.17) is 9.72 Å². The van der Waals surface area contributed by atoms with Gasteiger partial charge in [-0.1, -0.05) is 42.5 Å². The Morgan fingerprint density at radius 1 is 1.00 bits per heavy atom. The minimum atomic E-state index is -0.0204. The highest BCUT2D eigenvalue weighted by molar-refractivity contribution is 5.74. The van der Waals surface area contributed by atoms with Crippen molar-refractivity contribution in [2.45, 2.75) is 24.8 Å². The summed E-state index contributed by atoms with van der Waals surface area (Å²) in [5.74, 6) is 2.56. The fourth-order valence-electron chi connectivity index (χ4n) is 4.70. The van der Waals surface area contributed by atoms with Crippen LogP contribution in [0.15, 0.2) is 72.8 Å². The molecule has 31 heavy (non-hydrogen) atoms. The van der Waals surface area contributed by atoms with Gasteiger partial charge in [0.05, 0.1) is 24.2 Å². The van der Waals surface area contributed by atoms with E-state index in [1.54, 1.807) is 19.2 Å². The number of hydrogen-bond donors (Lipinski definition) is 2. The van der Waals surface area contributed by atoms with Crippen molar-refractivity contribution < 1.29 is 9.84 Å². The number of piperidine rings is 1. The Morgan fingerprint density at radius 2 is 1.74 bits per heavy atom. The summed E-state index contributed by atoms with van der Waals surface area (Å²) in [7, 11) is 1.66. The van der Waals surface area contributed by atoms with E-state index in [0.717, 1.165) is 54.1 Å². The summed E-state index contributed by atoms with van der Waals surface area (Å²) in [6.07, 6.45) is 2.04. The molecule has 5 rings (SSSR count). The van der Waals surface area contributed by atoms with Crippen LogP contribution in [-0.2, 0) is 0 Å². The number of benzene rings is 3. The van der Waals surface area contributed by atoms with Crippen molar-refractivity contribution in [3.8, 4) is 11.5 Å². The predicted octanol–water partition coefficient (Wildman–Crippen LogP) is 5.25. The number of H-pyrrole nitrogens is 1. The lowest BCUT2D eigenvalue weighted by Crippen LogP contribution is -2.37. The molecule has 1 aromatic heterocycles. The van der Waals surface area contributed by atoms with Gasteiger partial charge in [-0.3, -0.25) is 4.90 Å². The summed E-state index contributed by atoms with van der Waals surface area (Å²) in [6.45, 7) is 1.86. The molecule has 1 unspecified atom stereocenters. The number of aromatic amines is 1. The second-order valence-electron chi connectivity index (χ2n) is 8.19. The average Bonchev–Trinajstić information content (AvgIpc) is 3.26. The second kappa shape index (κ2) is 8.44. The highest BCUT2D eigenvalue weighted by atomic mass is 16.5. The first-order valence-electron chi connectivity index (χ1n) is 10.8. The van der Waals surface area contributed by atoms with Crippen LogP contribution in [-0.4, -0.2) is 40.2 Å². The van der Waals surface area contributed by atoms with E-state index in [9.17, 15) is 5.11 Å². The summed E-state index contributed by atoms with van der Waals surface area (Å²) in [5, 5.41) is 10.7. The first-order valence-corrected chi connectivity index (χ1v) is 10.8. The van der Waals surface area contributed by atoms with Gasteiger partial charge in [-0.25, -0.2) is 4.98 Å². The van der Waals surface area contributed by atoms with Crippen molar-refractivity contribution in [2.75, 3.05) is 20.2 Å². The standard InChI is InChI=1S/C26H27N3O2/c1-31-20-11-12-24(30)21(17-20)25(18-7-3-2-4-8-18)29-15-13-19(14-16-29)26-27-22-9-5-6-10-23(22)28-26/h2-12,17,19,25,30H,13-16H2,1H3,(H,27,28). The van der Waals surface area contributed by atoms with Gasteiger partial charge in [-0.15, -0.1) is 0 Å². The lowest BCUT2D eigenvalue weighted by Gasteiger charge is -2.38. The number of hydrogen-bond acceptors (Lipinski definition) is 4. The molecule has 2 heterocycles. The van der Waals surface area contributed by atoms with Gasteiger partial charge < -0.3 is 14.8 Å². The number of ether oxygens (including phenoxy) is 1. The van der Waals surface area contributed by atoms with Crippen molar-refractivity contribution >= 4 is 11.0 Å². The molecule has 1 fully saturated rings. The molecule has 1 saturated heterocycles. The van der Waals surface area contributed by atoms with Crippen molar-refractivity contribution in [2.24, 2.45) is 0 Å². The molecule has 1 aliphatic heterocycles. The number of para-hydroxylation sites is 2. The van der Waals surface area contributed by atoms with Gasteiger partial charge in [-0.2, -0.15) is 0 Å². The summed E-state index contributed by atoms with van der Waals surface area (Å²) in [5.41, 5.74) is 4.19. The molecule has 0 amide bonds. The molecule has 0 spiro atoms. The van der Waals surface area contributed by atoms with Crippen LogP contribution in [0.25, 0.3) is 11.0 Å². The number of nitrogens with zero attached hydrogens (tertiary/aromatic N) is 2. The highest BCUT2D eigenvalue weighted by Crippen LogP contribution is 2.39. The zero-order valence-corrected chi connectivity index (χ0v) is 17.7. The van der Waals surface area contributed by atoms with Crippen LogP contribution in [0.2, 0.25) is 0 Å². The molecule has 5 heteroatoms.